The highest BCUT2D eigenvalue weighted by molar-refractivity contribution is 5.69. The summed E-state index contributed by atoms with van der Waals surface area (Å²) in [5.74, 6) is -0.475. The van der Waals surface area contributed by atoms with Gasteiger partial charge in [-0.15, -0.1) is 0 Å². The van der Waals surface area contributed by atoms with Gasteiger partial charge in [-0.25, -0.2) is 0 Å². The predicted molar refractivity (Wildman–Crippen MR) is 58.8 cm³/mol. The first kappa shape index (κ1) is 12.5. The first-order chi connectivity index (χ1) is 6.99. The second-order valence-corrected chi connectivity index (χ2v) is 5.05. The van der Waals surface area contributed by atoms with E-state index >= 15 is 0 Å². The van der Waals surface area contributed by atoms with Crippen molar-refractivity contribution in [3.05, 3.63) is 0 Å². The Morgan fingerprint density at radius 3 is 2.53 bits per heavy atom. The average molecular weight is 214 g/mol. The van der Waals surface area contributed by atoms with Crippen molar-refractivity contribution >= 4 is 5.97 Å². The fourth-order valence-corrected chi connectivity index (χ4v) is 2.24. The lowest BCUT2D eigenvalue weighted by atomic mass is 9.91. The zero-order chi connectivity index (χ0) is 11.4. The van der Waals surface area contributed by atoms with Gasteiger partial charge in [-0.1, -0.05) is 13.8 Å². The second kappa shape index (κ2) is 5.50. The Balaban J connectivity index is 2.40. The Hall–Kier alpha value is -0.570. The summed E-state index contributed by atoms with van der Waals surface area (Å²) in [4.78, 5) is 11.0. The molecule has 0 bridgehead atoms. The Morgan fingerprint density at radius 1 is 1.47 bits per heavy atom. The van der Waals surface area contributed by atoms with Crippen LogP contribution in [0, 0.1) is 11.8 Å². The van der Waals surface area contributed by atoms with E-state index in [0.717, 1.165) is 19.3 Å². The fourth-order valence-electron chi connectivity index (χ4n) is 2.24. The SMILES string of the molecule is CC(C)CC(CC1CCC(C)O1)C(=O)O. The molecule has 0 aromatic carbocycles. The summed E-state index contributed by atoms with van der Waals surface area (Å²) in [6, 6.07) is 0. The minimum atomic E-state index is -0.674. The van der Waals surface area contributed by atoms with Gasteiger partial charge in [0.15, 0.2) is 0 Å². The van der Waals surface area contributed by atoms with Crippen LogP contribution >= 0.6 is 0 Å². The maximum atomic E-state index is 11.0. The number of carboxylic acid groups (broad SMARTS) is 1. The van der Waals surface area contributed by atoms with Crippen molar-refractivity contribution < 1.29 is 14.6 Å². The average Bonchev–Trinajstić information content (AvgIpc) is 2.49. The van der Waals surface area contributed by atoms with Crippen molar-refractivity contribution in [1.29, 1.82) is 0 Å². The van der Waals surface area contributed by atoms with Crippen LogP contribution in [0.5, 0.6) is 0 Å². The molecule has 0 spiro atoms. The Kier molecular flexibility index (Phi) is 4.58. The lowest BCUT2D eigenvalue weighted by Crippen LogP contribution is -2.22. The van der Waals surface area contributed by atoms with Crippen LogP contribution in [0.25, 0.3) is 0 Å². The molecule has 0 saturated carbocycles. The molecular formula is C12H22O3. The van der Waals surface area contributed by atoms with Gasteiger partial charge in [-0.2, -0.15) is 0 Å². The molecule has 3 unspecified atom stereocenters. The summed E-state index contributed by atoms with van der Waals surface area (Å²) in [7, 11) is 0. The lowest BCUT2D eigenvalue weighted by molar-refractivity contribution is -0.143. The third-order valence-electron chi connectivity index (χ3n) is 2.97. The van der Waals surface area contributed by atoms with Crippen LogP contribution in [0.1, 0.15) is 46.5 Å². The van der Waals surface area contributed by atoms with Crippen molar-refractivity contribution in [3.8, 4) is 0 Å². The highest BCUT2D eigenvalue weighted by atomic mass is 16.5. The summed E-state index contributed by atoms with van der Waals surface area (Å²) in [6.07, 6.45) is 3.99. The van der Waals surface area contributed by atoms with Crippen LogP contribution in [-0.2, 0) is 9.53 Å². The van der Waals surface area contributed by atoms with E-state index in [9.17, 15) is 4.79 Å². The summed E-state index contributed by atoms with van der Waals surface area (Å²) in [6.45, 7) is 6.18. The number of carboxylic acids is 1. The number of rotatable bonds is 5. The molecule has 1 fully saturated rings. The number of hydrogen-bond acceptors (Lipinski definition) is 2. The van der Waals surface area contributed by atoms with Crippen LogP contribution in [0.2, 0.25) is 0 Å². The zero-order valence-electron chi connectivity index (χ0n) is 9.90. The molecule has 88 valence electrons. The molecule has 1 rings (SSSR count). The molecule has 0 aliphatic carbocycles. The van der Waals surface area contributed by atoms with Gasteiger partial charge in [-0.3, -0.25) is 4.79 Å². The molecule has 15 heavy (non-hydrogen) atoms. The van der Waals surface area contributed by atoms with Gasteiger partial charge in [0, 0.05) is 0 Å². The van der Waals surface area contributed by atoms with Crippen LogP contribution < -0.4 is 0 Å². The standard InChI is InChI=1S/C12H22O3/c1-8(2)6-10(12(13)14)7-11-5-4-9(3)15-11/h8-11H,4-7H2,1-3H3,(H,13,14). The summed E-state index contributed by atoms with van der Waals surface area (Å²) < 4.78 is 5.66. The number of carbonyl (C=O) groups is 1. The number of aliphatic carboxylic acids is 1. The lowest BCUT2D eigenvalue weighted by Gasteiger charge is -2.18. The van der Waals surface area contributed by atoms with E-state index in [1.165, 1.54) is 0 Å². The Morgan fingerprint density at radius 2 is 2.13 bits per heavy atom. The largest absolute Gasteiger partial charge is 0.481 e. The van der Waals surface area contributed by atoms with Gasteiger partial charge in [0.25, 0.3) is 0 Å². The quantitative estimate of drug-likeness (QED) is 0.765. The molecule has 0 radical (unpaired) electrons. The minimum Gasteiger partial charge on any atom is -0.481 e. The van der Waals surface area contributed by atoms with E-state index in [-0.39, 0.29) is 12.0 Å². The molecule has 0 amide bonds. The van der Waals surface area contributed by atoms with Crippen LogP contribution in [0.15, 0.2) is 0 Å². The van der Waals surface area contributed by atoms with Crippen molar-refractivity contribution in [2.45, 2.75) is 58.7 Å². The summed E-state index contributed by atoms with van der Waals surface area (Å²) >= 11 is 0. The smallest absolute Gasteiger partial charge is 0.306 e. The summed E-state index contributed by atoms with van der Waals surface area (Å²) in [5, 5.41) is 9.09. The highest BCUT2D eigenvalue weighted by Gasteiger charge is 2.28. The van der Waals surface area contributed by atoms with Gasteiger partial charge < -0.3 is 9.84 Å². The third kappa shape index (κ3) is 4.20. The van der Waals surface area contributed by atoms with Gasteiger partial charge in [0.1, 0.15) is 0 Å². The highest BCUT2D eigenvalue weighted by Crippen LogP contribution is 2.27. The van der Waals surface area contributed by atoms with E-state index in [2.05, 4.69) is 20.8 Å². The Labute approximate surface area is 91.8 Å². The maximum absolute atomic E-state index is 11.0. The molecular weight excluding hydrogens is 192 g/mol. The predicted octanol–water partition coefficient (Wildman–Crippen LogP) is 2.69. The molecule has 3 nitrogen and oxygen atoms in total. The molecule has 3 atom stereocenters. The van der Waals surface area contributed by atoms with Crippen molar-refractivity contribution in [2.75, 3.05) is 0 Å². The monoisotopic (exact) mass is 214 g/mol. The van der Waals surface area contributed by atoms with E-state index in [0.29, 0.717) is 18.4 Å². The van der Waals surface area contributed by atoms with Gasteiger partial charge >= 0.3 is 5.97 Å². The second-order valence-electron chi connectivity index (χ2n) is 5.05. The van der Waals surface area contributed by atoms with Crippen molar-refractivity contribution in [1.82, 2.24) is 0 Å². The molecule has 1 saturated heterocycles. The van der Waals surface area contributed by atoms with Crippen LogP contribution in [-0.4, -0.2) is 23.3 Å². The molecule has 1 aliphatic heterocycles. The van der Waals surface area contributed by atoms with Crippen LogP contribution in [0.4, 0.5) is 0 Å². The topological polar surface area (TPSA) is 46.5 Å². The first-order valence-electron chi connectivity index (χ1n) is 5.87. The normalized spacial score (nSPS) is 28.3. The third-order valence-corrected chi connectivity index (χ3v) is 2.97. The molecule has 1 aliphatic rings. The maximum Gasteiger partial charge on any atom is 0.306 e. The van der Waals surface area contributed by atoms with Crippen LogP contribution in [0.3, 0.4) is 0 Å². The molecule has 1 N–H and O–H groups in total. The van der Waals surface area contributed by atoms with E-state index in [1.54, 1.807) is 0 Å². The van der Waals surface area contributed by atoms with Gasteiger partial charge in [0.2, 0.25) is 0 Å². The van der Waals surface area contributed by atoms with E-state index in [1.807, 2.05) is 0 Å². The first-order valence-corrected chi connectivity index (χ1v) is 5.87. The number of ether oxygens (including phenoxy) is 1. The number of hydrogen-bond donors (Lipinski definition) is 1. The zero-order valence-corrected chi connectivity index (χ0v) is 9.90. The molecule has 3 heteroatoms. The van der Waals surface area contributed by atoms with E-state index in [4.69, 9.17) is 9.84 Å². The Bertz CT molecular complexity index is 213. The molecule has 1 heterocycles. The van der Waals surface area contributed by atoms with Crippen molar-refractivity contribution in [3.63, 3.8) is 0 Å². The fraction of sp³-hybridized carbons (Fsp3) is 0.917. The van der Waals surface area contributed by atoms with Gasteiger partial charge in [0.05, 0.1) is 18.1 Å². The molecule has 0 aromatic heterocycles. The van der Waals surface area contributed by atoms with E-state index < -0.39 is 5.97 Å². The minimum absolute atomic E-state index is 0.167. The van der Waals surface area contributed by atoms with Gasteiger partial charge in [-0.05, 0) is 38.5 Å². The molecule has 0 aromatic rings. The summed E-state index contributed by atoms with van der Waals surface area (Å²) in [5.41, 5.74) is 0. The van der Waals surface area contributed by atoms with Crippen molar-refractivity contribution in [2.24, 2.45) is 11.8 Å².